The highest BCUT2D eigenvalue weighted by molar-refractivity contribution is 6.32. The topological polar surface area (TPSA) is 9.72 Å². The predicted octanol–water partition coefficient (Wildman–Crippen LogP) is 2.75. The van der Waals surface area contributed by atoms with Gasteiger partial charge in [0.15, 0.2) is 9.84 Å². The number of rotatable bonds is 8. The largest absolute Gasteiger partial charge is 0.289 e. The van der Waals surface area contributed by atoms with Gasteiger partial charge < -0.3 is 0 Å². The first kappa shape index (κ1) is 16.5. The third-order valence-electron chi connectivity index (χ3n) is 5.03. The van der Waals surface area contributed by atoms with E-state index in [1.807, 2.05) is 0 Å². The molecule has 0 bridgehead atoms. The molecule has 0 aromatic rings. The normalized spacial score (nSPS) is 27.3. The SMILES string of the molecule is CCCCCN1[SiH2]N(C2CCCCC2)C1N(C)CCC. The van der Waals surface area contributed by atoms with Crippen LogP contribution in [-0.4, -0.2) is 56.3 Å². The summed E-state index contributed by atoms with van der Waals surface area (Å²) in [7, 11) is 2.22. The fourth-order valence-electron chi connectivity index (χ4n) is 3.94. The molecule has 20 heavy (non-hydrogen) atoms. The Bertz CT molecular complexity index is 268. The monoisotopic (exact) mass is 297 g/mol. The van der Waals surface area contributed by atoms with Crippen molar-refractivity contribution in [1.82, 2.24) is 14.0 Å². The van der Waals surface area contributed by atoms with Crippen molar-refractivity contribution in [3.63, 3.8) is 0 Å². The van der Waals surface area contributed by atoms with Gasteiger partial charge in [-0.15, -0.1) is 0 Å². The molecular weight excluding hydrogens is 262 g/mol. The molecule has 1 heterocycles. The van der Waals surface area contributed by atoms with Crippen LogP contribution < -0.4 is 0 Å². The zero-order valence-electron chi connectivity index (χ0n) is 14.0. The maximum atomic E-state index is 2.92. The molecule has 1 atom stereocenters. The Balaban J connectivity index is 1.87. The van der Waals surface area contributed by atoms with Crippen LogP contribution in [0.4, 0.5) is 0 Å². The van der Waals surface area contributed by atoms with Gasteiger partial charge in [0.2, 0.25) is 0 Å². The molecule has 2 fully saturated rings. The summed E-state index contributed by atoms with van der Waals surface area (Å²) in [5.41, 5.74) is 0. The Labute approximate surface area is 128 Å². The van der Waals surface area contributed by atoms with Crippen LogP contribution in [0.3, 0.4) is 0 Å². The smallest absolute Gasteiger partial charge is 0.177 e. The van der Waals surface area contributed by atoms with Gasteiger partial charge in [0, 0.05) is 12.6 Å². The first-order chi connectivity index (χ1) is 9.77. The molecule has 1 unspecified atom stereocenters. The van der Waals surface area contributed by atoms with Gasteiger partial charge in [-0.05, 0) is 39.3 Å². The second-order valence-electron chi connectivity index (χ2n) is 6.79. The van der Waals surface area contributed by atoms with Gasteiger partial charge in [-0.2, -0.15) is 0 Å². The minimum absolute atomic E-state index is 0.122. The molecule has 0 aromatic carbocycles. The first-order valence-corrected chi connectivity index (χ1v) is 10.2. The van der Waals surface area contributed by atoms with Crippen molar-refractivity contribution in [3.8, 4) is 0 Å². The molecule has 1 saturated heterocycles. The molecule has 1 aliphatic heterocycles. The van der Waals surface area contributed by atoms with Gasteiger partial charge in [0.1, 0.15) is 6.29 Å². The third-order valence-corrected chi connectivity index (χ3v) is 7.21. The van der Waals surface area contributed by atoms with Crippen molar-refractivity contribution in [2.75, 3.05) is 20.1 Å². The van der Waals surface area contributed by atoms with E-state index in [4.69, 9.17) is 0 Å². The van der Waals surface area contributed by atoms with Crippen molar-refractivity contribution >= 4 is 9.84 Å². The highest BCUT2D eigenvalue weighted by atomic mass is 28.2. The summed E-state index contributed by atoms with van der Waals surface area (Å²) in [5.74, 6) is 0. The Morgan fingerprint density at radius 3 is 2.45 bits per heavy atom. The average molecular weight is 298 g/mol. The van der Waals surface area contributed by atoms with Crippen LogP contribution in [0.1, 0.15) is 71.6 Å². The Morgan fingerprint density at radius 1 is 1.05 bits per heavy atom. The van der Waals surface area contributed by atoms with Crippen LogP contribution in [0.15, 0.2) is 0 Å². The summed E-state index contributed by atoms with van der Waals surface area (Å²) in [6.07, 6.45) is 13.4. The molecule has 0 radical (unpaired) electrons. The average Bonchev–Trinajstić information content (AvgIpc) is 2.43. The van der Waals surface area contributed by atoms with Gasteiger partial charge in [0.05, 0.1) is 0 Å². The van der Waals surface area contributed by atoms with E-state index in [0.29, 0.717) is 6.29 Å². The van der Waals surface area contributed by atoms with Gasteiger partial charge in [-0.1, -0.05) is 46.0 Å². The highest BCUT2D eigenvalue weighted by Crippen LogP contribution is 2.30. The van der Waals surface area contributed by atoms with E-state index in [9.17, 15) is 0 Å². The molecule has 0 N–H and O–H groups in total. The Morgan fingerprint density at radius 2 is 1.80 bits per heavy atom. The van der Waals surface area contributed by atoms with Crippen LogP contribution in [0, 0.1) is 0 Å². The Kier molecular flexibility index (Phi) is 7.01. The van der Waals surface area contributed by atoms with Crippen molar-refractivity contribution in [2.24, 2.45) is 0 Å². The number of hydrogen-bond acceptors (Lipinski definition) is 3. The summed E-state index contributed by atoms with van der Waals surface area (Å²) in [6.45, 7) is 7.20. The van der Waals surface area contributed by atoms with Crippen molar-refractivity contribution < 1.29 is 0 Å². The second kappa shape index (κ2) is 8.52. The molecule has 1 saturated carbocycles. The molecule has 0 spiro atoms. The Hall–Kier alpha value is 0.0969. The zero-order valence-corrected chi connectivity index (χ0v) is 15.4. The molecule has 4 heteroatoms. The first-order valence-electron chi connectivity index (χ1n) is 8.98. The van der Waals surface area contributed by atoms with Gasteiger partial charge >= 0.3 is 0 Å². The molecule has 0 aromatic heterocycles. The fraction of sp³-hybridized carbons (Fsp3) is 1.00. The minimum atomic E-state index is -0.122. The van der Waals surface area contributed by atoms with E-state index in [1.54, 1.807) is 0 Å². The minimum Gasteiger partial charge on any atom is -0.289 e. The maximum absolute atomic E-state index is 2.92. The second-order valence-corrected chi connectivity index (χ2v) is 8.62. The maximum Gasteiger partial charge on any atom is 0.177 e. The predicted molar refractivity (Wildman–Crippen MR) is 90.2 cm³/mol. The van der Waals surface area contributed by atoms with Gasteiger partial charge in [-0.3, -0.25) is 14.0 Å². The molecule has 2 rings (SSSR count). The van der Waals surface area contributed by atoms with Crippen LogP contribution in [0.2, 0.25) is 0 Å². The van der Waals surface area contributed by atoms with E-state index in [2.05, 4.69) is 34.9 Å². The summed E-state index contributed by atoms with van der Waals surface area (Å²) in [6, 6.07) is 0.919. The fourth-order valence-corrected chi connectivity index (χ4v) is 6.30. The number of hydrogen-bond donors (Lipinski definition) is 0. The molecule has 1 aliphatic carbocycles. The lowest BCUT2D eigenvalue weighted by molar-refractivity contribution is -0.0569. The van der Waals surface area contributed by atoms with Crippen molar-refractivity contribution in [2.45, 2.75) is 84.0 Å². The van der Waals surface area contributed by atoms with E-state index in [1.165, 1.54) is 70.9 Å². The summed E-state index contributed by atoms with van der Waals surface area (Å²) < 4.78 is 5.75. The number of nitrogens with zero attached hydrogens (tertiary/aromatic N) is 3. The van der Waals surface area contributed by atoms with Crippen LogP contribution >= 0.6 is 0 Å². The van der Waals surface area contributed by atoms with Crippen LogP contribution in [-0.2, 0) is 0 Å². The lowest BCUT2D eigenvalue weighted by atomic mass is 9.95. The summed E-state index contributed by atoms with van der Waals surface area (Å²) in [5, 5.41) is 0. The standard InChI is InChI=1S/C16H35N3Si/c1-4-6-10-14-18-16(17(3)13-5-2)19(20-18)15-11-8-7-9-12-15/h15-16H,4-14,20H2,1-3H3. The van der Waals surface area contributed by atoms with Crippen molar-refractivity contribution in [1.29, 1.82) is 0 Å². The van der Waals surface area contributed by atoms with Crippen LogP contribution in [0.25, 0.3) is 0 Å². The van der Waals surface area contributed by atoms with Gasteiger partial charge in [0.25, 0.3) is 0 Å². The third kappa shape index (κ3) is 4.06. The van der Waals surface area contributed by atoms with E-state index < -0.39 is 0 Å². The van der Waals surface area contributed by atoms with E-state index in [0.717, 1.165) is 6.04 Å². The number of unbranched alkanes of at least 4 members (excludes halogenated alkanes) is 2. The van der Waals surface area contributed by atoms with Gasteiger partial charge in [-0.25, -0.2) is 0 Å². The van der Waals surface area contributed by atoms with E-state index in [-0.39, 0.29) is 9.84 Å². The lowest BCUT2D eigenvalue weighted by Crippen LogP contribution is -2.74. The molecular formula is C16H35N3Si. The summed E-state index contributed by atoms with van der Waals surface area (Å²) in [4.78, 5) is 2.61. The lowest BCUT2D eigenvalue weighted by Gasteiger charge is -2.58. The molecule has 118 valence electrons. The zero-order chi connectivity index (χ0) is 14.4. The quantitative estimate of drug-likeness (QED) is 0.504. The van der Waals surface area contributed by atoms with Crippen molar-refractivity contribution in [3.05, 3.63) is 0 Å². The van der Waals surface area contributed by atoms with E-state index >= 15 is 0 Å². The highest BCUT2D eigenvalue weighted by Gasteiger charge is 2.42. The molecule has 0 amide bonds. The van der Waals surface area contributed by atoms with Crippen LogP contribution in [0.5, 0.6) is 0 Å². The summed E-state index contributed by atoms with van der Waals surface area (Å²) >= 11 is 0. The molecule has 3 nitrogen and oxygen atoms in total. The molecule has 2 aliphatic rings.